The SMILES string of the molecule is N#Cc1cccc(C=NNc2cccc(Cl)c2)c1. The fourth-order valence-electron chi connectivity index (χ4n) is 1.43. The van der Waals surface area contributed by atoms with E-state index >= 15 is 0 Å². The summed E-state index contributed by atoms with van der Waals surface area (Å²) in [5.41, 5.74) is 5.17. The molecular formula is C14H10ClN3. The first-order chi connectivity index (χ1) is 8.78. The Hall–Kier alpha value is -2.31. The number of hydrogen-bond donors (Lipinski definition) is 1. The molecule has 0 atom stereocenters. The molecule has 0 saturated heterocycles. The molecule has 0 aliphatic heterocycles. The Morgan fingerprint density at radius 2 is 2.00 bits per heavy atom. The molecule has 0 amide bonds. The first-order valence-corrected chi connectivity index (χ1v) is 5.70. The average Bonchev–Trinajstić information content (AvgIpc) is 2.39. The van der Waals surface area contributed by atoms with Gasteiger partial charge in [0.15, 0.2) is 0 Å². The van der Waals surface area contributed by atoms with E-state index in [4.69, 9.17) is 16.9 Å². The van der Waals surface area contributed by atoms with Gasteiger partial charge >= 0.3 is 0 Å². The maximum atomic E-state index is 8.77. The molecule has 2 rings (SSSR count). The molecule has 0 unspecified atom stereocenters. The lowest BCUT2D eigenvalue weighted by atomic mass is 10.1. The van der Waals surface area contributed by atoms with Crippen molar-refractivity contribution in [1.29, 1.82) is 5.26 Å². The summed E-state index contributed by atoms with van der Waals surface area (Å²) in [7, 11) is 0. The number of rotatable bonds is 3. The number of halogens is 1. The van der Waals surface area contributed by atoms with Gasteiger partial charge in [-0.3, -0.25) is 5.43 Å². The summed E-state index contributed by atoms with van der Waals surface area (Å²) in [6, 6.07) is 16.6. The fourth-order valence-corrected chi connectivity index (χ4v) is 1.62. The van der Waals surface area contributed by atoms with Gasteiger partial charge in [0.1, 0.15) is 0 Å². The zero-order valence-electron chi connectivity index (χ0n) is 9.47. The quantitative estimate of drug-likeness (QED) is 0.672. The smallest absolute Gasteiger partial charge is 0.0991 e. The van der Waals surface area contributed by atoms with Crippen molar-refractivity contribution in [3.05, 3.63) is 64.7 Å². The van der Waals surface area contributed by atoms with Crippen LogP contribution < -0.4 is 5.43 Å². The molecule has 0 aromatic heterocycles. The summed E-state index contributed by atoms with van der Waals surface area (Å²) in [5, 5.41) is 13.5. The van der Waals surface area contributed by atoms with Crippen LogP contribution in [0.25, 0.3) is 0 Å². The van der Waals surface area contributed by atoms with Crippen LogP contribution >= 0.6 is 11.6 Å². The second-order valence-corrected chi connectivity index (χ2v) is 4.05. The van der Waals surface area contributed by atoms with Gasteiger partial charge in [-0.1, -0.05) is 29.8 Å². The van der Waals surface area contributed by atoms with Crippen LogP contribution in [0.4, 0.5) is 5.69 Å². The highest BCUT2D eigenvalue weighted by molar-refractivity contribution is 6.30. The van der Waals surface area contributed by atoms with Gasteiger partial charge < -0.3 is 0 Å². The number of hydrazone groups is 1. The minimum absolute atomic E-state index is 0.613. The Balaban J connectivity index is 2.05. The molecule has 3 nitrogen and oxygen atoms in total. The first-order valence-electron chi connectivity index (χ1n) is 5.33. The van der Waals surface area contributed by atoms with Crippen LogP contribution in [0.2, 0.25) is 5.02 Å². The van der Waals surface area contributed by atoms with Crippen molar-refractivity contribution in [1.82, 2.24) is 0 Å². The molecule has 0 bridgehead atoms. The molecule has 0 radical (unpaired) electrons. The molecule has 0 saturated carbocycles. The molecule has 0 heterocycles. The van der Waals surface area contributed by atoms with Crippen LogP contribution in [-0.2, 0) is 0 Å². The van der Waals surface area contributed by atoms with Crippen LogP contribution in [0.3, 0.4) is 0 Å². The molecule has 4 heteroatoms. The van der Waals surface area contributed by atoms with E-state index < -0.39 is 0 Å². The lowest BCUT2D eigenvalue weighted by molar-refractivity contribution is 1.35. The van der Waals surface area contributed by atoms with Gasteiger partial charge in [0.05, 0.1) is 23.5 Å². The molecule has 0 spiro atoms. The normalized spacial score (nSPS) is 10.2. The van der Waals surface area contributed by atoms with Crippen molar-refractivity contribution in [3.63, 3.8) is 0 Å². The summed E-state index contributed by atoms with van der Waals surface area (Å²) in [6.45, 7) is 0. The highest BCUT2D eigenvalue weighted by Crippen LogP contribution is 2.14. The van der Waals surface area contributed by atoms with E-state index in [1.165, 1.54) is 0 Å². The van der Waals surface area contributed by atoms with Gasteiger partial charge in [-0.25, -0.2) is 0 Å². The minimum atomic E-state index is 0.613. The highest BCUT2D eigenvalue weighted by atomic mass is 35.5. The summed E-state index contributed by atoms with van der Waals surface area (Å²) in [6.07, 6.45) is 1.65. The van der Waals surface area contributed by atoms with Gasteiger partial charge in [0, 0.05) is 5.02 Å². The molecule has 0 aliphatic rings. The largest absolute Gasteiger partial charge is 0.278 e. The zero-order chi connectivity index (χ0) is 12.8. The lowest BCUT2D eigenvalue weighted by Crippen LogP contribution is -1.90. The van der Waals surface area contributed by atoms with E-state index in [9.17, 15) is 0 Å². The molecule has 1 N–H and O–H groups in total. The monoisotopic (exact) mass is 255 g/mol. The summed E-state index contributed by atoms with van der Waals surface area (Å²) in [5.74, 6) is 0. The number of hydrogen-bond acceptors (Lipinski definition) is 3. The van der Waals surface area contributed by atoms with E-state index in [-0.39, 0.29) is 0 Å². The van der Waals surface area contributed by atoms with Crippen molar-refractivity contribution in [3.8, 4) is 6.07 Å². The molecule has 88 valence electrons. The Labute approximate surface area is 110 Å². The third kappa shape index (κ3) is 3.34. The molecular weight excluding hydrogens is 246 g/mol. The minimum Gasteiger partial charge on any atom is -0.278 e. The van der Waals surface area contributed by atoms with Crippen molar-refractivity contribution < 1.29 is 0 Å². The second kappa shape index (κ2) is 5.85. The van der Waals surface area contributed by atoms with E-state index in [0.717, 1.165) is 11.3 Å². The van der Waals surface area contributed by atoms with Crippen molar-refractivity contribution in [2.75, 3.05) is 5.43 Å². The van der Waals surface area contributed by atoms with E-state index in [0.29, 0.717) is 10.6 Å². The topological polar surface area (TPSA) is 48.2 Å². The molecule has 0 aliphatic carbocycles. The number of anilines is 1. The van der Waals surface area contributed by atoms with Gasteiger partial charge in [-0.05, 0) is 35.9 Å². The van der Waals surface area contributed by atoms with Crippen LogP contribution in [-0.4, -0.2) is 6.21 Å². The summed E-state index contributed by atoms with van der Waals surface area (Å²) in [4.78, 5) is 0. The maximum Gasteiger partial charge on any atom is 0.0991 e. The predicted octanol–water partition coefficient (Wildman–Crippen LogP) is 3.66. The van der Waals surface area contributed by atoms with Crippen molar-refractivity contribution in [2.24, 2.45) is 5.10 Å². The third-order valence-electron chi connectivity index (χ3n) is 2.25. The van der Waals surface area contributed by atoms with E-state index in [2.05, 4.69) is 16.6 Å². The van der Waals surface area contributed by atoms with Gasteiger partial charge in [-0.2, -0.15) is 10.4 Å². The summed E-state index contributed by atoms with van der Waals surface area (Å²) >= 11 is 5.85. The predicted molar refractivity (Wildman–Crippen MR) is 73.8 cm³/mol. The van der Waals surface area contributed by atoms with Crippen molar-refractivity contribution >= 4 is 23.5 Å². The van der Waals surface area contributed by atoms with E-state index in [1.807, 2.05) is 24.3 Å². The van der Waals surface area contributed by atoms with Crippen molar-refractivity contribution in [2.45, 2.75) is 0 Å². The van der Waals surface area contributed by atoms with E-state index in [1.54, 1.807) is 30.5 Å². The standard InChI is InChI=1S/C14H10ClN3/c15-13-5-2-6-14(8-13)18-17-10-12-4-1-3-11(7-12)9-16/h1-8,10,18H. The van der Waals surface area contributed by atoms with Gasteiger partial charge in [0.25, 0.3) is 0 Å². The number of nitrogens with one attached hydrogen (secondary N) is 1. The Morgan fingerprint density at radius 3 is 2.78 bits per heavy atom. The zero-order valence-corrected chi connectivity index (χ0v) is 10.2. The maximum absolute atomic E-state index is 8.77. The first kappa shape index (κ1) is 12.2. The Bertz CT molecular complexity index is 614. The average molecular weight is 256 g/mol. The highest BCUT2D eigenvalue weighted by Gasteiger charge is 1.92. The molecule has 2 aromatic carbocycles. The summed E-state index contributed by atoms with van der Waals surface area (Å²) < 4.78 is 0. The Morgan fingerprint density at radius 1 is 1.17 bits per heavy atom. The van der Waals surface area contributed by atoms with Crippen LogP contribution in [0.1, 0.15) is 11.1 Å². The Kier molecular flexibility index (Phi) is 3.95. The van der Waals surface area contributed by atoms with Gasteiger partial charge in [0.2, 0.25) is 0 Å². The molecule has 0 fully saturated rings. The van der Waals surface area contributed by atoms with Crippen LogP contribution in [0, 0.1) is 11.3 Å². The molecule has 2 aromatic rings. The third-order valence-corrected chi connectivity index (χ3v) is 2.48. The van der Waals surface area contributed by atoms with Crippen LogP contribution in [0.15, 0.2) is 53.6 Å². The number of nitriles is 1. The van der Waals surface area contributed by atoms with Crippen LogP contribution in [0.5, 0.6) is 0 Å². The number of nitrogens with zero attached hydrogens (tertiary/aromatic N) is 2. The fraction of sp³-hybridized carbons (Fsp3) is 0. The lowest BCUT2D eigenvalue weighted by Gasteiger charge is -2.00. The number of benzene rings is 2. The second-order valence-electron chi connectivity index (χ2n) is 3.62. The van der Waals surface area contributed by atoms with Gasteiger partial charge in [-0.15, -0.1) is 0 Å². The molecule has 18 heavy (non-hydrogen) atoms.